The molecule has 1 amide bonds. The lowest BCUT2D eigenvalue weighted by molar-refractivity contribution is -0.129. The highest BCUT2D eigenvalue weighted by Gasteiger charge is 2.35. The number of para-hydroxylation sites is 1. The molecule has 30 heavy (non-hydrogen) atoms. The zero-order chi connectivity index (χ0) is 20.7. The summed E-state index contributed by atoms with van der Waals surface area (Å²) in [7, 11) is 0. The highest BCUT2D eigenvalue weighted by molar-refractivity contribution is 5.92. The highest BCUT2D eigenvalue weighted by atomic mass is 19.1. The summed E-state index contributed by atoms with van der Waals surface area (Å²) in [6, 6.07) is 23.2. The van der Waals surface area contributed by atoms with E-state index >= 15 is 0 Å². The normalized spacial score (nSPS) is 16.5. The molecule has 1 atom stereocenters. The van der Waals surface area contributed by atoms with Gasteiger partial charge in [-0.3, -0.25) is 4.79 Å². The Kier molecular flexibility index (Phi) is 4.62. The van der Waals surface area contributed by atoms with Gasteiger partial charge < -0.3 is 9.88 Å². The van der Waals surface area contributed by atoms with Gasteiger partial charge in [0.05, 0.1) is 11.7 Å². The second-order valence-electron chi connectivity index (χ2n) is 8.03. The number of nitrogens with one attached hydrogen (secondary N) is 1. The van der Waals surface area contributed by atoms with E-state index in [-0.39, 0.29) is 17.8 Å². The molecule has 0 aliphatic carbocycles. The lowest BCUT2D eigenvalue weighted by Gasteiger charge is -2.26. The van der Waals surface area contributed by atoms with Crippen molar-refractivity contribution in [1.82, 2.24) is 9.88 Å². The van der Waals surface area contributed by atoms with Crippen LogP contribution in [0.3, 0.4) is 0 Å². The fraction of sp³-hybridized carbons (Fsp3) is 0.192. The van der Waals surface area contributed by atoms with E-state index in [1.165, 1.54) is 23.3 Å². The van der Waals surface area contributed by atoms with Crippen molar-refractivity contribution in [2.24, 2.45) is 0 Å². The van der Waals surface area contributed by atoms with Crippen LogP contribution in [-0.4, -0.2) is 15.8 Å². The van der Waals surface area contributed by atoms with Gasteiger partial charge in [0.2, 0.25) is 5.91 Å². The molecule has 0 spiro atoms. The van der Waals surface area contributed by atoms with Crippen LogP contribution in [0.5, 0.6) is 0 Å². The average Bonchev–Trinajstić information content (AvgIpc) is 3.31. The lowest BCUT2D eigenvalue weighted by Crippen LogP contribution is -2.27. The van der Waals surface area contributed by atoms with E-state index in [2.05, 4.69) is 48.3 Å². The SMILES string of the molecule is Cc1ccc(-c2[nH]c3ccccc3c2[C@@H]2CCC(=O)N2Cc2ccc(F)cc2)cc1. The molecule has 1 aliphatic heterocycles. The number of aromatic amines is 1. The number of nitrogens with zero attached hydrogens (tertiary/aromatic N) is 1. The molecular weight excluding hydrogens is 375 g/mol. The topological polar surface area (TPSA) is 36.1 Å². The van der Waals surface area contributed by atoms with Gasteiger partial charge in [0.1, 0.15) is 5.82 Å². The maximum atomic E-state index is 13.3. The summed E-state index contributed by atoms with van der Waals surface area (Å²) in [4.78, 5) is 18.4. The maximum absolute atomic E-state index is 13.3. The summed E-state index contributed by atoms with van der Waals surface area (Å²) in [5, 5.41) is 1.15. The fourth-order valence-electron chi connectivity index (χ4n) is 4.48. The largest absolute Gasteiger partial charge is 0.354 e. The van der Waals surface area contributed by atoms with Crippen LogP contribution in [0.1, 0.15) is 35.6 Å². The molecule has 2 heterocycles. The van der Waals surface area contributed by atoms with Crippen molar-refractivity contribution < 1.29 is 9.18 Å². The minimum Gasteiger partial charge on any atom is -0.354 e. The first kappa shape index (κ1) is 18.6. The van der Waals surface area contributed by atoms with Crippen LogP contribution in [-0.2, 0) is 11.3 Å². The molecule has 0 bridgehead atoms. The molecule has 1 fully saturated rings. The van der Waals surface area contributed by atoms with Gasteiger partial charge in [-0.05, 0) is 42.7 Å². The summed E-state index contributed by atoms with van der Waals surface area (Å²) >= 11 is 0. The Morgan fingerprint density at radius 1 is 1.00 bits per heavy atom. The molecular formula is C26H23FN2O. The van der Waals surface area contributed by atoms with E-state index in [4.69, 9.17) is 0 Å². The van der Waals surface area contributed by atoms with Crippen molar-refractivity contribution in [3.63, 3.8) is 0 Å². The first-order valence-electron chi connectivity index (χ1n) is 10.3. The Labute approximate surface area is 175 Å². The number of aromatic nitrogens is 1. The van der Waals surface area contributed by atoms with Crippen molar-refractivity contribution in [2.75, 3.05) is 0 Å². The number of hydrogen-bond acceptors (Lipinski definition) is 1. The van der Waals surface area contributed by atoms with E-state index in [0.717, 1.165) is 34.1 Å². The third-order valence-electron chi connectivity index (χ3n) is 6.01. The minimum absolute atomic E-state index is 0.0185. The number of H-pyrrole nitrogens is 1. The average molecular weight is 398 g/mol. The van der Waals surface area contributed by atoms with Gasteiger partial charge in [-0.15, -0.1) is 0 Å². The number of carbonyl (C=O) groups is 1. The zero-order valence-corrected chi connectivity index (χ0v) is 16.9. The first-order chi connectivity index (χ1) is 14.6. The van der Waals surface area contributed by atoms with E-state index in [9.17, 15) is 9.18 Å². The molecule has 1 saturated heterocycles. The first-order valence-corrected chi connectivity index (χ1v) is 10.3. The van der Waals surface area contributed by atoms with E-state index in [1.807, 2.05) is 17.0 Å². The van der Waals surface area contributed by atoms with Gasteiger partial charge in [0.25, 0.3) is 0 Å². The zero-order valence-electron chi connectivity index (χ0n) is 16.9. The molecule has 4 heteroatoms. The number of aryl methyl sites for hydroxylation is 1. The number of likely N-dealkylation sites (tertiary alicyclic amines) is 1. The molecule has 0 unspecified atom stereocenters. The second-order valence-corrected chi connectivity index (χ2v) is 8.03. The van der Waals surface area contributed by atoms with Gasteiger partial charge in [-0.1, -0.05) is 60.2 Å². The molecule has 1 aromatic heterocycles. The third-order valence-corrected chi connectivity index (χ3v) is 6.01. The number of carbonyl (C=O) groups excluding carboxylic acids is 1. The number of rotatable bonds is 4. The van der Waals surface area contributed by atoms with Gasteiger partial charge in [-0.25, -0.2) is 4.39 Å². The van der Waals surface area contributed by atoms with E-state index < -0.39 is 0 Å². The number of benzene rings is 3. The molecule has 4 aromatic rings. The molecule has 0 saturated carbocycles. The van der Waals surface area contributed by atoms with Gasteiger partial charge in [0, 0.05) is 29.4 Å². The Bertz CT molecular complexity index is 1210. The summed E-state index contributed by atoms with van der Waals surface area (Å²) in [5.41, 5.74) is 6.58. The molecule has 3 nitrogen and oxygen atoms in total. The van der Waals surface area contributed by atoms with E-state index in [0.29, 0.717) is 13.0 Å². The number of hydrogen-bond donors (Lipinski definition) is 1. The molecule has 1 N–H and O–H groups in total. The Morgan fingerprint density at radius 3 is 2.50 bits per heavy atom. The highest BCUT2D eigenvalue weighted by Crippen LogP contribution is 2.43. The predicted molar refractivity (Wildman–Crippen MR) is 117 cm³/mol. The minimum atomic E-state index is -0.263. The van der Waals surface area contributed by atoms with Crippen molar-refractivity contribution in [3.05, 3.63) is 95.3 Å². The van der Waals surface area contributed by atoms with Crippen LogP contribution < -0.4 is 0 Å². The third kappa shape index (κ3) is 3.28. The van der Waals surface area contributed by atoms with Crippen LogP contribution in [0.25, 0.3) is 22.2 Å². The number of fused-ring (bicyclic) bond motifs is 1. The van der Waals surface area contributed by atoms with Crippen molar-refractivity contribution >= 4 is 16.8 Å². The van der Waals surface area contributed by atoms with Crippen LogP contribution in [0.4, 0.5) is 4.39 Å². The second kappa shape index (κ2) is 7.45. The van der Waals surface area contributed by atoms with Crippen LogP contribution in [0.15, 0.2) is 72.8 Å². The predicted octanol–water partition coefficient (Wildman–Crippen LogP) is 6.15. The quantitative estimate of drug-likeness (QED) is 0.440. The van der Waals surface area contributed by atoms with Crippen LogP contribution in [0, 0.1) is 12.7 Å². The fourth-order valence-corrected chi connectivity index (χ4v) is 4.48. The summed E-state index contributed by atoms with van der Waals surface area (Å²) in [6.07, 6.45) is 1.31. The lowest BCUT2D eigenvalue weighted by atomic mass is 9.96. The summed E-state index contributed by atoms with van der Waals surface area (Å²) in [5.74, 6) is -0.120. The molecule has 0 radical (unpaired) electrons. The molecule has 150 valence electrons. The Balaban J connectivity index is 1.61. The van der Waals surface area contributed by atoms with Crippen molar-refractivity contribution in [1.29, 1.82) is 0 Å². The van der Waals surface area contributed by atoms with Gasteiger partial charge >= 0.3 is 0 Å². The van der Waals surface area contributed by atoms with Gasteiger partial charge in [-0.2, -0.15) is 0 Å². The Morgan fingerprint density at radius 2 is 1.73 bits per heavy atom. The van der Waals surface area contributed by atoms with Crippen LogP contribution in [0.2, 0.25) is 0 Å². The van der Waals surface area contributed by atoms with Crippen molar-refractivity contribution in [2.45, 2.75) is 32.4 Å². The smallest absolute Gasteiger partial charge is 0.223 e. The van der Waals surface area contributed by atoms with Crippen molar-refractivity contribution in [3.8, 4) is 11.3 Å². The molecule has 3 aromatic carbocycles. The summed E-state index contributed by atoms with van der Waals surface area (Å²) < 4.78 is 13.3. The standard InChI is InChI=1S/C26H23FN2O/c1-17-6-10-19(11-7-17)26-25(21-4-2-3-5-22(21)28-26)23-14-15-24(30)29(23)16-18-8-12-20(27)13-9-18/h2-13,23,28H,14-16H2,1H3/t23-/m0/s1. The molecule has 1 aliphatic rings. The number of halogens is 1. The van der Waals surface area contributed by atoms with Gasteiger partial charge in [0.15, 0.2) is 0 Å². The Hall–Kier alpha value is -3.40. The molecule has 5 rings (SSSR count). The van der Waals surface area contributed by atoms with E-state index in [1.54, 1.807) is 12.1 Å². The number of amides is 1. The monoisotopic (exact) mass is 398 g/mol. The van der Waals surface area contributed by atoms with Crippen LogP contribution >= 0.6 is 0 Å². The maximum Gasteiger partial charge on any atom is 0.223 e. The summed E-state index contributed by atoms with van der Waals surface area (Å²) in [6.45, 7) is 2.56.